The van der Waals surface area contributed by atoms with Gasteiger partial charge in [0, 0.05) is 32.4 Å². The van der Waals surface area contributed by atoms with Crippen molar-refractivity contribution in [3.8, 4) is 0 Å². The van der Waals surface area contributed by atoms with Crippen LogP contribution in [0.3, 0.4) is 0 Å². The van der Waals surface area contributed by atoms with Crippen LogP contribution in [0.2, 0.25) is 0 Å². The molecule has 2 rings (SSSR count). The van der Waals surface area contributed by atoms with Gasteiger partial charge in [-0.05, 0) is 52.2 Å². The number of rotatable bonds is 6. The third-order valence-electron chi connectivity index (χ3n) is 4.11. The van der Waals surface area contributed by atoms with E-state index in [4.69, 9.17) is 9.47 Å². The molecule has 2 aliphatic heterocycles. The summed E-state index contributed by atoms with van der Waals surface area (Å²) in [7, 11) is 2.24. The number of hydrogen-bond donors (Lipinski definition) is 1. The molecule has 0 spiro atoms. The fourth-order valence-corrected chi connectivity index (χ4v) is 2.83. The third kappa shape index (κ3) is 4.84. The largest absolute Gasteiger partial charge is 0.381 e. The van der Waals surface area contributed by atoms with Crippen molar-refractivity contribution in [1.29, 1.82) is 0 Å². The molecule has 0 unspecified atom stereocenters. The van der Waals surface area contributed by atoms with Crippen LogP contribution in [0.4, 0.5) is 0 Å². The number of ether oxygens (including phenoxy) is 2. The van der Waals surface area contributed by atoms with Gasteiger partial charge in [0.1, 0.15) is 0 Å². The molecule has 4 nitrogen and oxygen atoms in total. The lowest BCUT2D eigenvalue weighted by Gasteiger charge is -2.31. The second-order valence-electron chi connectivity index (χ2n) is 5.50. The normalized spacial score (nSPS) is 23.7. The Morgan fingerprint density at radius 2 is 1.89 bits per heavy atom. The number of hydrogen-bond acceptors (Lipinski definition) is 4. The molecule has 4 heteroatoms. The van der Waals surface area contributed by atoms with E-state index < -0.39 is 0 Å². The maximum atomic E-state index is 5.93. The number of nitrogens with zero attached hydrogens (tertiary/aromatic N) is 1. The second kappa shape index (κ2) is 8.10. The molecule has 0 bridgehead atoms. The Kier molecular flexibility index (Phi) is 6.41. The fourth-order valence-electron chi connectivity index (χ4n) is 2.83. The lowest BCUT2D eigenvalue weighted by Crippen LogP contribution is -2.37. The molecule has 2 saturated heterocycles. The Morgan fingerprint density at radius 3 is 2.61 bits per heavy atom. The molecule has 2 aliphatic rings. The lowest BCUT2D eigenvalue weighted by molar-refractivity contribution is 0.0181. The Balaban J connectivity index is 1.51. The van der Waals surface area contributed by atoms with Crippen molar-refractivity contribution in [1.82, 2.24) is 10.2 Å². The summed E-state index contributed by atoms with van der Waals surface area (Å²) in [6, 6.07) is 0.720. The molecule has 106 valence electrons. The monoisotopic (exact) mass is 256 g/mol. The summed E-state index contributed by atoms with van der Waals surface area (Å²) < 4.78 is 11.3. The fraction of sp³-hybridized carbons (Fsp3) is 1.00. The minimum atomic E-state index is 0.500. The first-order chi connectivity index (χ1) is 8.86. The van der Waals surface area contributed by atoms with Gasteiger partial charge in [-0.3, -0.25) is 0 Å². The van der Waals surface area contributed by atoms with E-state index >= 15 is 0 Å². The molecule has 0 aliphatic carbocycles. The van der Waals surface area contributed by atoms with Crippen molar-refractivity contribution in [2.75, 3.05) is 46.5 Å². The molecular weight excluding hydrogens is 228 g/mol. The van der Waals surface area contributed by atoms with E-state index in [0.717, 1.165) is 51.9 Å². The van der Waals surface area contributed by atoms with Crippen LogP contribution in [0.15, 0.2) is 0 Å². The van der Waals surface area contributed by atoms with Crippen molar-refractivity contribution in [2.24, 2.45) is 0 Å². The molecule has 0 aromatic heterocycles. The maximum Gasteiger partial charge on any atom is 0.0599 e. The highest BCUT2D eigenvalue weighted by Crippen LogP contribution is 2.13. The molecule has 0 atom stereocenters. The van der Waals surface area contributed by atoms with Crippen LogP contribution in [0.25, 0.3) is 0 Å². The average Bonchev–Trinajstić information content (AvgIpc) is 2.45. The van der Waals surface area contributed by atoms with Crippen LogP contribution in [0, 0.1) is 0 Å². The minimum absolute atomic E-state index is 0.500. The van der Waals surface area contributed by atoms with Gasteiger partial charge >= 0.3 is 0 Å². The van der Waals surface area contributed by atoms with E-state index in [9.17, 15) is 0 Å². The molecular formula is C14H28N2O2. The zero-order valence-electron chi connectivity index (χ0n) is 11.7. The predicted octanol–water partition coefficient (Wildman–Crippen LogP) is 1.26. The number of piperidine rings is 1. The van der Waals surface area contributed by atoms with Gasteiger partial charge in [0.05, 0.1) is 6.10 Å². The zero-order chi connectivity index (χ0) is 12.6. The van der Waals surface area contributed by atoms with Gasteiger partial charge in [-0.25, -0.2) is 0 Å². The highest BCUT2D eigenvalue weighted by Gasteiger charge is 2.18. The first-order valence-electron chi connectivity index (χ1n) is 7.46. The van der Waals surface area contributed by atoms with Gasteiger partial charge in [0.15, 0.2) is 0 Å². The second-order valence-corrected chi connectivity index (χ2v) is 5.50. The summed E-state index contributed by atoms with van der Waals surface area (Å²) in [5.41, 5.74) is 0. The summed E-state index contributed by atoms with van der Waals surface area (Å²) in [6.07, 6.45) is 6.38. The van der Waals surface area contributed by atoms with Crippen molar-refractivity contribution in [3.05, 3.63) is 0 Å². The topological polar surface area (TPSA) is 33.7 Å². The minimum Gasteiger partial charge on any atom is -0.381 e. The Bertz CT molecular complexity index is 214. The molecule has 0 aromatic rings. The van der Waals surface area contributed by atoms with Crippen LogP contribution in [-0.4, -0.2) is 63.5 Å². The number of nitrogens with one attached hydrogen (secondary N) is 1. The summed E-state index contributed by atoms with van der Waals surface area (Å²) in [6.45, 7) is 6.16. The average molecular weight is 256 g/mol. The van der Waals surface area contributed by atoms with E-state index in [1.807, 2.05) is 0 Å². The smallest absolute Gasteiger partial charge is 0.0599 e. The van der Waals surface area contributed by atoms with Gasteiger partial charge in [-0.2, -0.15) is 0 Å². The van der Waals surface area contributed by atoms with Crippen molar-refractivity contribution >= 4 is 0 Å². The van der Waals surface area contributed by atoms with Gasteiger partial charge in [-0.1, -0.05) is 0 Å². The van der Waals surface area contributed by atoms with Crippen LogP contribution < -0.4 is 5.32 Å². The Labute approximate surface area is 111 Å². The Morgan fingerprint density at radius 1 is 1.17 bits per heavy atom. The molecule has 0 amide bonds. The van der Waals surface area contributed by atoms with Gasteiger partial charge < -0.3 is 19.7 Å². The molecule has 2 fully saturated rings. The maximum absolute atomic E-state index is 5.93. The SMILES string of the molecule is CN(CCCOC1CCNCC1)C1CCOCC1. The quantitative estimate of drug-likeness (QED) is 0.725. The highest BCUT2D eigenvalue weighted by molar-refractivity contribution is 4.72. The first kappa shape index (κ1) is 14.3. The van der Waals surface area contributed by atoms with E-state index in [0.29, 0.717) is 6.10 Å². The lowest BCUT2D eigenvalue weighted by atomic mass is 10.1. The van der Waals surface area contributed by atoms with Gasteiger partial charge in [0.25, 0.3) is 0 Å². The Hall–Kier alpha value is -0.160. The molecule has 0 saturated carbocycles. The summed E-state index contributed by atoms with van der Waals surface area (Å²) in [4.78, 5) is 2.48. The standard InChI is InChI=1S/C14H28N2O2/c1-16(13-5-11-17-12-6-13)9-2-10-18-14-3-7-15-8-4-14/h13-15H,2-12H2,1H3. The predicted molar refractivity (Wildman–Crippen MR) is 72.9 cm³/mol. The van der Waals surface area contributed by atoms with E-state index in [1.54, 1.807) is 0 Å². The van der Waals surface area contributed by atoms with Crippen LogP contribution in [-0.2, 0) is 9.47 Å². The molecule has 0 aromatic carbocycles. The summed E-state index contributed by atoms with van der Waals surface area (Å²) in [5, 5.41) is 3.37. The summed E-state index contributed by atoms with van der Waals surface area (Å²) >= 11 is 0. The molecule has 0 radical (unpaired) electrons. The first-order valence-corrected chi connectivity index (χ1v) is 7.46. The molecule has 2 heterocycles. The van der Waals surface area contributed by atoms with Crippen molar-refractivity contribution in [2.45, 2.75) is 44.2 Å². The molecule has 1 N–H and O–H groups in total. The zero-order valence-corrected chi connectivity index (χ0v) is 11.7. The van der Waals surface area contributed by atoms with Gasteiger partial charge in [0.2, 0.25) is 0 Å². The highest BCUT2D eigenvalue weighted by atomic mass is 16.5. The van der Waals surface area contributed by atoms with Crippen molar-refractivity contribution in [3.63, 3.8) is 0 Å². The van der Waals surface area contributed by atoms with E-state index in [2.05, 4.69) is 17.3 Å². The van der Waals surface area contributed by atoms with Gasteiger partial charge in [-0.15, -0.1) is 0 Å². The van der Waals surface area contributed by atoms with Crippen molar-refractivity contribution < 1.29 is 9.47 Å². The summed E-state index contributed by atoms with van der Waals surface area (Å²) in [5.74, 6) is 0. The van der Waals surface area contributed by atoms with Crippen LogP contribution in [0.5, 0.6) is 0 Å². The third-order valence-corrected chi connectivity index (χ3v) is 4.11. The van der Waals surface area contributed by atoms with E-state index in [-0.39, 0.29) is 0 Å². The van der Waals surface area contributed by atoms with E-state index in [1.165, 1.54) is 25.7 Å². The molecule has 18 heavy (non-hydrogen) atoms. The van der Waals surface area contributed by atoms with Crippen LogP contribution >= 0.6 is 0 Å². The van der Waals surface area contributed by atoms with Crippen LogP contribution in [0.1, 0.15) is 32.1 Å².